The average Bonchev–Trinajstić information content (AvgIpc) is 3.46. The minimum absolute atomic E-state index is 0.0965. The summed E-state index contributed by atoms with van der Waals surface area (Å²) in [6, 6.07) is 12.0. The summed E-state index contributed by atoms with van der Waals surface area (Å²) < 4.78 is 2.01. The van der Waals surface area contributed by atoms with Gasteiger partial charge < -0.3 is 14.5 Å². The summed E-state index contributed by atoms with van der Waals surface area (Å²) in [6.45, 7) is 5.09. The minimum atomic E-state index is 0.0965. The smallest absolute Gasteiger partial charge is 0.255 e. The Morgan fingerprint density at radius 1 is 1.03 bits per heavy atom. The van der Waals surface area contributed by atoms with Crippen LogP contribution in [-0.2, 0) is 13.1 Å². The zero-order chi connectivity index (χ0) is 20.9. The van der Waals surface area contributed by atoms with Crippen molar-refractivity contribution in [2.45, 2.75) is 38.3 Å². The second-order valence-electron chi connectivity index (χ2n) is 9.47. The quantitative estimate of drug-likeness (QED) is 0.713. The third kappa shape index (κ3) is 3.30. The molecule has 0 unspecified atom stereocenters. The van der Waals surface area contributed by atoms with Gasteiger partial charge in [0, 0.05) is 66.0 Å². The van der Waals surface area contributed by atoms with E-state index in [2.05, 4.69) is 16.0 Å². The Morgan fingerprint density at radius 3 is 2.77 bits per heavy atom. The van der Waals surface area contributed by atoms with Crippen molar-refractivity contribution in [1.82, 2.24) is 19.4 Å². The van der Waals surface area contributed by atoms with Gasteiger partial charge in [0.2, 0.25) is 0 Å². The van der Waals surface area contributed by atoms with E-state index < -0.39 is 0 Å². The van der Waals surface area contributed by atoms with Gasteiger partial charge in [0.25, 0.3) is 11.5 Å². The van der Waals surface area contributed by atoms with Gasteiger partial charge in [0.05, 0.1) is 0 Å². The number of nitrogens with one attached hydrogen (secondary N) is 1. The standard InChI is InChI=1S/C25H28N4O2/c30-24(19-3-5-22-18(12-19)7-8-26-22)28-13-17-11-21(16-28)23-6-4-20(25(31)29(23)14-17)15-27-9-1-2-10-27/h3-8,12,17,21,26H,1-2,9-11,13-16H2/t17-,21+/m0/s1. The highest BCUT2D eigenvalue weighted by Crippen LogP contribution is 2.36. The zero-order valence-electron chi connectivity index (χ0n) is 17.7. The molecule has 3 aliphatic rings. The highest BCUT2D eigenvalue weighted by Gasteiger charge is 2.37. The number of benzene rings is 1. The monoisotopic (exact) mass is 416 g/mol. The Kier molecular flexibility index (Phi) is 4.49. The summed E-state index contributed by atoms with van der Waals surface area (Å²) in [5, 5.41) is 1.06. The fraction of sp³-hybridized carbons (Fsp3) is 0.440. The number of piperidine rings is 1. The van der Waals surface area contributed by atoms with Crippen LogP contribution in [-0.4, -0.2) is 51.4 Å². The molecule has 1 N–H and O–H groups in total. The van der Waals surface area contributed by atoms with E-state index in [9.17, 15) is 9.59 Å². The molecule has 2 atom stereocenters. The molecule has 6 nitrogen and oxygen atoms in total. The Morgan fingerprint density at radius 2 is 1.90 bits per heavy atom. The van der Waals surface area contributed by atoms with Crippen molar-refractivity contribution in [1.29, 1.82) is 0 Å². The van der Waals surface area contributed by atoms with E-state index in [0.29, 0.717) is 12.5 Å². The molecule has 2 fully saturated rings. The largest absolute Gasteiger partial charge is 0.361 e. The fourth-order valence-electron chi connectivity index (χ4n) is 5.83. The molecule has 3 aromatic rings. The van der Waals surface area contributed by atoms with Gasteiger partial charge in [-0.2, -0.15) is 0 Å². The van der Waals surface area contributed by atoms with Crippen LogP contribution in [0.4, 0.5) is 0 Å². The van der Waals surface area contributed by atoms with E-state index in [1.807, 2.05) is 46.0 Å². The number of rotatable bonds is 3. The lowest BCUT2D eigenvalue weighted by Crippen LogP contribution is -2.49. The highest BCUT2D eigenvalue weighted by atomic mass is 16.2. The van der Waals surface area contributed by atoms with Crippen LogP contribution in [0.25, 0.3) is 10.9 Å². The summed E-state index contributed by atoms with van der Waals surface area (Å²) in [4.78, 5) is 34.0. The summed E-state index contributed by atoms with van der Waals surface area (Å²) in [7, 11) is 0. The molecular formula is C25H28N4O2. The lowest BCUT2D eigenvalue weighted by molar-refractivity contribution is 0.0594. The van der Waals surface area contributed by atoms with Crippen LogP contribution in [0.5, 0.6) is 0 Å². The Hall–Kier alpha value is -2.86. The average molecular weight is 417 g/mol. The van der Waals surface area contributed by atoms with E-state index in [1.165, 1.54) is 12.8 Å². The SMILES string of the molecule is O=C(c1ccc2[nH]ccc2c1)N1C[C@@H]2C[C@H](C1)c1ccc(CN3CCCC3)c(=O)n1C2. The molecule has 2 saturated heterocycles. The van der Waals surface area contributed by atoms with Gasteiger partial charge in [-0.25, -0.2) is 0 Å². The number of amides is 1. The number of hydrogen-bond acceptors (Lipinski definition) is 3. The number of aromatic nitrogens is 2. The Bertz CT molecular complexity index is 1200. The second kappa shape index (κ2) is 7.38. The number of likely N-dealkylation sites (tertiary alicyclic amines) is 2. The van der Waals surface area contributed by atoms with Crippen molar-refractivity contribution in [3.8, 4) is 0 Å². The first-order valence-electron chi connectivity index (χ1n) is 11.5. The molecule has 0 radical (unpaired) electrons. The highest BCUT2D eigenvalue weighted by molar-refractivity contribution is 5.98. The van der Waals surface area contributed by atoms with Gasteiger partial charge in [-0.1, -0.05) is 6.07 Å². The van der Waals surface area contributed by atoms with Crippen LogP contribution in [0.3, 0.4) is 0 Å². The number of pyridine rings is 1. The maximum atomic E-state index is 13.3. The number of fused-ring (bicyclic) bond motifs is 5. The predicted octanol–water partition coefficient (Wildman–Crippen LogP) is 3.18. The van der Waals surface area contributed by atoms with E-state index in [4.69, 9.17) is 0 Å². The molecule has 0 aliphatic carbocycles. The maximum absolute atomic E-state index is 13.3. The first kappa shape index (κ1) is 18.9. The number of hydrogen-bond donors (Lipinski definition) is 1. The Balaban J connectivity index is 1.25. The van der Waals surface area contributed by atoms with Gasteiger partial charge in [0.15, 0.2) is 0 Å². The number of carbonyl (C=O) groups excluding carboxylic acids is 1. The van der Waals surface area contributed by atoms with Crippen LogP contribution in [0, 0.1) is 5.92 Å². The second-order valence-corrected chi connectivity index (χ2v) is 9.47. The van der Waals surface area contributed by atoms with Crippen LogP contribution in [0.1, 0.15) is 46.8 Å². The third-order valence-electron chi connectivity index (χ3n) is 7.36. The van der Waals surface area contributed by atoms with Crippen molar-refractivity contribution in [3.05, 3.63) is 69.8 Å². The Labute approximate surface area is 181 Å². The van der Waals surface area contributed by atoms with E-state index >= 15 is 0 Å². The van der Waals surface area contributed by atoms with Crippen molar-refractivity contribution in [2.75, 3.05) is 26.2 Å². The molecule has 0 saturated carbocycles. The predicted molar refractivity (Wildman–Crippen MR) is 120 cm³/mol. The van der Waals surface area contributed by atoms with Crippen LogP contribution in [0.15, 0.2) is 47.4 Å². The van der Waals surface area contributed by atoms with Crippen molar-refractivity contribution < 1.29 is 4.79 Å². The molecule has 2 aromatic heterocycles. The van der Waals surface area contributed by atoms with Crippen molar-refractivity contribution in [3.63, 3.8) is 0 Å². The molecule has 0 spiro atoms. The van der Waals surface area contributed by atoms with Crippen LogP contribution in [0.2, 0.25) is 0 Å². The molecule has 5 heterocycles. The molecular weight excluding hydrogens is 388 g/mol. The molecule has 6 heteroatoms. The number of H-pyrrole nitrogens is 1. The van der Waals surface area contributed by atoms with E-state index in [-0.39, 0.29) is 17.4 Å². The number of carbonyl (C=O) groups is 1. The summed E-state index contributed by atoms with van der Waals surface area (Å²) in [5.74, 6) is 0.672. The zero-order valence-corrected chi connectivity index (χ0v) is 17.7. The van der Waals surface area contributed by atoms with Gasteiger partial charge in [-0.05, 0) is 68.6 Å². The van der Waals surface area contributed by atoms with Crippen LogP contribution >= 0.6 is 0 Å². The molecule has 160 valence electrons. The van der Waals surface area contributed by atoms with Crippen molar-refractivity contribution in [2.24, 2.45) is 5.92 Å². The number of aromatic amines is 1. The lowest BCUT2D eigenvalue weighted by Gasteiger charge is -2.43. The first-order valence-corrected chi connectivity index (χ1v) is 11.5. The molecule has 3 aliphatic heterocycles. The molecule has 31 heavy (non-hydrogen) atoms. The fourth-order valence-corrected chi connectivity index (χ4v) is 5.83. The lowest BCUT2D eigenvalue weighted by atomic mass is 9.82. The van der Waals surface area contributed by atoms with Gasteiger partial charge >= 0.3 is 0 Å². The maximum Gasteiger partial charge on any atom is 0.255 e. The summed E-state index contributed by atoms with van der Waals surface area (Å²) >= 11 is 0. The molecule has 1 aromatic carbocycles. The van der Waals surface area contributed by atoms with Gasteiger partial charge in [-0.15, -0.1) is 0 Å². The summed E-state index contributed by atoms with van der Waals surface area (Å²) in [6.07, 6.45) is 5.43. The van der Waals surface area contributed by atoms with E-state index in [0.717, 1.165) is 66.9 Å². The van der Waals surface area contributed by atoms with Gasteiger partial charge in [0.1, 0.15) is 0 Å². The minimum Gasteiger partial charge on any atom is -0.361 e. The summed E-state index contributed by atoms with van der Waals surface area (Å²) in [5.41, 5.74) is 3.98. The molecule has 2 bridgehead atoms. The topological polar surface area (TPSA) is 61.3 Å². The molecule has 6 rings (SSSR count). The van der Waals surface area contributed by atoms with E-state index in [1.54, 1.807) is 0 Å². The third-order valence-corrected chi connectivity index (χ3v) is 7.36. The van der Waals surface area contributed by atoms with Crippen LogP contribution < -0.4 is 5.56 Å². The molecule has 1 amide bonds. The number of nitrogens with zero attached hydrogens (tertiary/aromatic N) is 3. The van der Waals surface area contributed by atoms with Crippen molar-refractivity contribution >= 4 is 16.8 Å². The first-order chi connectivity index (χ1) is 15.2. The van der Waals surface area contributed by atoms with Gasteiger partial charge in [-0.3, -0.25) is 14.5 Å². The normalized spacial score (nSPS) is 23.3.